The van der Waals surface area contributed by atoms with Crippen molar-refractivity contribution in [2.45, 2.75) is 69.5 Å². The summed E-state index contributed by atoms with van der Waals surface area (Å²) in [5.41, 5.74) is -0.825. The Morgan fingerprint density at radius 3 is 2.56 bits per heavy atom. The predicted octanol–water partition coefficient (Wildman–Crippen LogP) is 1.58. The highest BCUT2D eigenvalue weighted by Crippen LogP contribution is 2.55. The lowest BCUT2D eigenvalue weighted by molar-refractivity contribution is -0.118. The van der Waals surface area contributed by atoms with E-state index in [1.807, 2.05) is 6.07 Å². The van der Waals surface area contributed by atoms with E-state index in [9.17, 15) is 29.9 Å². The zero-order chi connectivity index (χ0) is 42.0. The molecule has 0 saturated carbocycles. The van der Waals surface area contributed by atoms with Gasteiger partial charge in [0.2, 0.25) is 11.9 Å². The Morgan fingerprint density at radius 1 is 1.07 bits per heavy atom. The highest BCUT2D eigenvalue weighted by Gasteiger charge is 2.51. The van der Waals surface area contributed by atoms with Gasteiger partial charge in [0.15, 0.2) is 52.9 Å². The van der Waals surface area contributed by atoms with E-state index in [-0.39, 0.29) is 47.1 Å². The fourth-order valence-corrected chi connectivity index (χ4v) is 8.12. The van der Waals surface area contributed by atoms with Gasteiger partial charge in [-0.1, -0.05) is 37.3 Å². The molecule has 2 aliphatic heterocycles. The van der Waals surface area contributed by atoms with Crippen LogP contribution in [0.15, 0.2) is 47.8 Å². The summed E-state index contributed by atoms with van der Waals surface area (Å²) < 4.78 is 63.1. The van der Waals surface area contributed by atoms with E-state index < -0.39 is 92.4 Å². The summed E-state index contributed by atoms with van der Waals surface area (Å²) in [7, 11) is 0. The number of ether oxygens (including phenoxy) is 2. The van der Waals surface area contributed by atoms with Crippen LogP contribution in [0, 0.1) is 17.2 Å². The van der Waals surface area contributed by atoms with Crippen LogP contribution in [0.1, 0.15) is 43.1 Å². The number of aromatic amines is 1. The van der Waals surface area contributed by atoms with Crippen molar-refractivity contribution in [1.29, 1.82) is 5.26 Å². The van der Waals surface area contributed by atoms with Crippen LogP contribution in [0.5, 0.6) is 0 Å². The van der Waals surface area contributed by atoms with Crippen molar-refractivity contribution in [3.63, 3.8) is 0 Å². The zero-order valence-electron chi connectivity index (χ0n) is 30.9. The number of anilines is 2. The number of halogens is 2. The Balaban J connectivity index is 1.11. The minimum Gasteiger partial charge on any atom is -0.394 e. The van der Waals surface area contributed by atoms with Crippen LogP contribution in [-0.4, -0.2) is 123 Å². The second kappa shape index (κ2) is 17.5. The van der Waals surface area contributed by atoms with E-state index in [1.165, 1.54) is 0 Å². The molecule has 2 fully saturated rings. The van der Waals surface area contributed by atoms with Crippen LogP contribution in [0.4, 0.5) is 20.5 Å². The number of carbonyl (C=O) groups is 2. The number of rotatable bonds is 15. The largest absolute Gasteiger partial charge is 0.394 e. The molecule has 2 aliphatic rings. The molecule has 22 nitrogen and oxygen atoms in total. The van der Waals surface area contributed by atoms with Crippen LogP contribution in [0.25, 0.3) is 22.3 Å². The first-order chi connectivity index (χ1) is 28.3. The molecule has 0 radical (unpaired) electrons. The molecule has 5 N–H and O–H groups in total. The summed E-state index contributed by atoms with van der Waals surface area (Å²) in [5.74, 6) is -1.69. The molecule has 0 aliphatic carbocycles. The predicted molar refractivity (Wildman–Crippen MR) is 201 cm³/mol. The number of imidazole rings is 1. The lowest BCUT2D eigenvalue weighted by atomic mass is 10.1. The van der Waals surface area contributed by atoms with E-state index in [2.05, 4.69) is 45.9 Å². The number of aliphatic hydroxyl groups is 2. The molecule has 6 heterocycles. The van der Waals surface area contributed by atoms with E-state index >= 15 is 8.78 Å². The number of H-pyrrole nitrogens is 1. The van der Waals surface area contributed by atoms with E-state index in [0.717, 1.165) is 21.9 Å². The zero-order valence-corrected chi connectivity index (χ0v) is 32.6. The number of aliphatic hydroxyl groups excluding tert-OH is 2. The van der Waals surface area contributed by atoms with Gasteiger partial charge in [0, 0.05) is 11.5 Å². The molecule has 26 heteroatoms. The standard InChI is InChI=1S/C33H35F2N12O10PS/c1-15(2)28(50)42-33-41-27-22(30(52)43-33)39-14-46(27)32-24(19(34)17(11-48)55-32)57-58(59,53-10-6-9-36)54-12-18-23(49)20(35)31(56-18)47-26-21(44-45-47)25(37-13-38-26)40-29(51)16-7-4-3-5-8-16/h3-5,7-8,13-15,17-20,23-24,31-32,48-49H,6,10-12H2,1-2H3,(H,37,38,40,51)(H2,41,42,43,50,52)/t17-,18-,19-,20+,23-,24-,31-,32-,58?/m1/s1. The van der Waals surface area contributed by atoms with Gasteiger partial charge in [-0.15, -0.1) is 5.10 Å². The van der Waals surface area contributed by atoms with Gasteiger partial charge in [0.25, 0.3) is 11.5 Å². The third-order valence-corrected chi connectivity index (χ3v) is 11.4. The van der Waals surface area contributed by atoms with Gasteiger partial charge in [-0.3, -0.25) is 33.8 Å². The molecule has 7 rings (SSSR count). The second-order valence-electron chi connectivity index (χ2n) is 13.4. The maximum atomic E-state index is 16.1. The van der Waals surface area contributed by atoms with Crippen LogP contribution < -0.4 is 16.2 Å². The summed E-state index contributed by atoms with van der Waals surface area (Å²) in [6.45, 7) is -2.81. The maximum absolute atomic E-state index is 16.1. The second-order valence-corrected chi connectivity index (χ2v) is 16.3. The lowest BCUT2D eigenvalue weighted by Gasteiger charge is -2.29. The Morgan fingerprint density at radius 2 is 1.83 bits per heavy atom. The maximum Gasteiger partial charge on any atom is 0.327 e. The van der Waals surface area contributed by atoms with Crippen LogP contribution in [0.2, 0.25) is 0 Å². The minimum atomic E-state index is -4.19. The Hall–Kier alpha value is -5.29. The number of amides is 2. The molecular weight excluding hydrogens is 825 g/mol. The van der Waals surface area contributed by atoms with Crippen LogP contribution in [-0.2, 0) is 39.6 Å². The first-order valence-corrected chi connectivity index (χ1v) is 20.4. The Bertz CT molecular complexity index is 2490. The number of benzene rings is 1. The molecule has 2 amide bonds. The van der Waals surface area contributed by atoms with Crippen molar-refractivity contribution in [3.8, 4) is 6.07 Å². The number of nitriles is 1. The molecule has 0 spiro atoms. The molecule has 2 saturated heterocycles. The number of alkyl halides is 2. The van der Waals surface area contributed by atoms with Gasteiger partial charge >= 0.3 is 6.72 Å². The summed E-state index contributed by atoms with van der Waals surface area (Å²) in [6, 6.07) is 10.1. The van der Waals surface area contributed by atoms with Crippen molar-refractivity contribution in [2.24, 2.45) is 5.92 Å². The van der Waals surface area contributed by atoms with Gasteiger partial charge in [-0.05, 0) is 23.9 Å². The topological polar surface area (TPSA) is 289 Å². The van der Waals surface area contributed by atoms with Crippen LogP contribution >= 0.6 is 6.72 Å². The van der Waals surface area contributed by atoms with Crippen molar-refractivity contribution in [1.82, 2.24) is 44.5 Å². The highest BCUT2D eigenvalue weighted by atomic mass is 32.5. The third kappa shape index (κ3) is 8.58. The number of carbonyl (C=O) groups excluding carboxylic acids is 2. The Kier molecular flexibility index (Phi) is 12.4. The average Bonchev–Trinajstić information content (AvgIpc) is 3.99. The van der Waals surface area contributed by atoms with Crippen molar-refractivity contribution in [2.75, 3.05) is 30.5 Å². The molecule has 5 aromatic rings. The summed E-state index contributed by atoms with van der Waals surface area (Å²) in [6.07, 6.45) is -11.9. The molecule has 9 atom stereocenters. The van der Waals surface area contributed by atoms with Gasteiger partial charge in [0.1, 0.15) is 30.7 Å². The van der Waals surface area contributed by atoms with Gasteiger partial charge < -0.3 is 34.1 Å². The number of nitrogens with one attached hydrogen (secondary N) is 3. The molecule has 1 unspecified atom stereocenters. The normalized spacial score (nSPS) is 25.3. The summed E-state index contributed by atoms with van der Waals surface area (Å²) >= 11 is 5.63. The molecule has 0 bridgehead atoms. The first kappa shape index (κ1) is 41.9. The third-order valence-electron chi connectivity index (χ3n) is 9.09. The monoisotopic (exact) mass is 860 g/mol. The number of hydrogen-bond donors (Lipinski definition) is 5. The highest BCUT2D eigenvalue weighted by molar-refractivity contribution is 8.07. The van der Waals surface area contributed by atoms with Gasteiger partial charge in [0.05, 0.1) is 38.6 Å². The SMILES string of the molecule is CC(C)C(=O)Nc1nc2c(ncn2[C@@H]2O[C@H](CO)[C@@H](F)[C@H]2OP(=S)(OCCC#N)OC[C@H]2O[C@@H](n3nnc4c(NC(=O)c5ccccc5)ncnc43)[C@@H](F)[C@@H]2O)c(=O)[nH]1. The van der Waals surface area contributed by atoms with Crippen molar-refractivity contribution >= 4 is 64.4 Å². The quantitative estimate of drug-likeness (QED) is 0.0738. The fourth-order valence-electron chi connectivity index (χ4n) is 6.06. The Labute approximate surface area is 336 Å². The fraction of sp³-hybridized carbons (Fsp3) is 0.455. The lowest BCUT2D eigenvalue weighted by Crippen LogP contribution is -2.33. The number of hydrogen-bond acceptors (Lipinski definition) is 18. The van der Waals surface area contributed by atoms with E-state index in [0.29, 0.717) is 5.56 Å². The molecule has 4 aromatic heterocycles. The number of nitrogens with zero attached hydrogens (tertiary/aromatic N) is 9. The molecular formula is C33H35F2N12O10PS. The number of fused-ring (bicyclic) bond motifs is 2. The summed E-state index contributed by atoms with van der Waals surface area (Å²) in [5, 5.41) is 43.1. The van der Waals surface area contributed by atoms with Gasteiger partial charge in [-0.25, -0.2) is 23.7 Å². The molecule has 1 aromatic carbocycles. The molecule has 59 heavy (non-hydrogen) atoms. The van der Waals surface area contributed by atoms with Crippen LogP contribution in [0.3, 0.4) is 0 Å². The first-order valence-electron chi connectivity index (χ1n) is 17.8. The number of aromatic nitrogens is 9. The van der Waals surface area contributed by atoms with Gasteiger partial charge in [-0.2, -0.15) is 14.9 Å². The van der Waals surface area contributed by atoms with E-state index in [1.54, 1.807) is 44.2 Å². The van der Waals surface area contributed by atoms with E-state index in [4.69, 9.17) is 34.9 Å². The van der Waals surface area contributed by atoms with Crippen molar-refractivity contribution < 1.29 is 51.6 Å². The smallest absolute Gasteiger partial charge is 0.327 e. The average molecular weight is 861 g/mol. The van der Waals surface area contributed by atoms with Crippen molar-refractivity contribution in [3.05, 3.63) is 58.9 Å². The minimum absolute atomic E-state index is 0.00567. The summed E-state index contributed by atoms with van der Waals surface area (Å²) in [4.78, 5) is 56.9. The molecule has 312 valence electrons.